The second-order valence-corrected chi connectivity index (χ2v) is 5.26. The van der Waals surface area contributed by atoms with Crippen molar-refractivity contribution >= 4 is 5.95 Å². The van der Waals surface area contributed by atoms with Crippen LogP contribution in [0.4, 0.5) is 5.95 Å². The lowest BCUT2D eigenvalue weighted by atomic mass is 9.96. The van der Waals surface area contributed by atoms with Gasteiger partial charge in [-0.1, -0.05) is 19.3 Å². The number of aryl methyl sites for hydroxylation is 1. The molecule has 1 saturated carbocycles. The Kier molecular flexibility index (Phi) is 3.49. The molecule has 0 aromatic carbocycles. The zero-order valence-electron chi connectivity index (χ0n) is 11.3. The van der Waals surface area contributed by atoms with Crippen LogP contribution >= 0.6 is 0 Å². The van der Waals surface area contributed by atoms with Gasteiger partial charge in [0.05, 0.1) is 11.9 Å². The van der Waals surface area contributed by atoms with Gasteiger partial charge in [-0.25, -0.2) is 4.98 Å². The lowest BCUT2D eigenvalue weighted by molar-refractivity contribution is 0.460. The van der Waals surface area contributed by atoms with Crippen LogP contribution in [0.5, 0.6) is 0 Å². The molecular formula is C15H20N4. The van der Waals surface area contributed by atoms with Gasteiger partial charge in [0.2, 0.25) is 5.95 Å². The first-order chi connectivity index (χ1) is 9.33. The Morgan fingerprint density at radius 2 is 2.00 bits per heavy atom. The summed E-state index contributed by atoms with van der Waals surface area (Å²) in [7, 11) is 0. The van der Waals surface area contributed by atoms with Crippen LogP contribution in [0.1, 0.15) is 37.8 Å². The van der Waals surface area contributed by atoms with Gasteiger partial charge in [0, 0.05) is 24.1 Å². The van der Waals surface area contributed by atoms with Gasteiger partial charge in [-0.15, -0.1) is 0 Å². The van der Waals surface area contributed by atoms with Gasteiger partial charge in [-0.2, -0.15) is 0 Å². The second kappa shape index (κ2) is 5.43. The zero-order chi connectivity index (χ0) is 13.1. The van der Waals surface area contributed by atoms with Crippen molar-refractivity contribution < 1.29 is 0 Å². The molecule has 4 heteroatoms. The normalized spacial score (nSPS) is 16.5. The quantitative estimate of drug-likeness (QED) is 0.916. The van der Waals surface area contributed by atoms with Crippen molar-refractivity contribution in [3.05, 3.63) is 36.4 Å². The summed E-state index contributed by atoms with van der Waals surface area (Å²) >= 11 is 0. The topological polar surface area (TPSA) is 42.7 Å². The summed E-state index contributed by atoms with van der Waals surface area (Å²) < 4.78 is 2.07. The van der Waals surface area contributed by atoms with E-state index < -0.39 is 0 Å². The van der Waals surface area contributed by atoms with E-state index in [0.29, 0.717) is 6.04 Å². The molecule has 0 unspecified atom stereocenters. The standard InChI is InChI=1S/C15H20N4/c1-12-7-8-14(11-17-12)19-10-9-16-15(19)18-13-5-3-2-4-6-13/h7-11,13H,2-6H2,1H3,(H,16,18). The average Bonchev–Trinajstić information content (AvgIpc) is 2.89. The number of aromatic nitrogens is 3. The minimum absolute atomic E-state index is 0.563. The highest BCUT2D eigenvalue weighted by Crippen LogP contribution is 2.22. The number of nitrogens with one attached hydrogen (secondary N) is 1. The fraction of sp³-hybridized carbons (Fsp3) is 0.467. The van der Waals surface area contributed by atoms with Crippen LogP contribution in [0, 0.1) is 6.92 Å². The van der Waals surface area contributed by atoms with Gasteiger partial charge < -0.3 is 5.32 Å². The molecule has 2 aromatic rings. The number of pyridine rings is 1. The molecule has 100 valence electrons. The average molecular weight is 256 g/mol. The molecule has 0 saturated heterocycles. The van der Waals surface area contributed by atoms with Gasteiger partial charge in [-0.05, 0) is 31.9 Å². The third-order valence-corrected chi connectivity index (χ3v) is 3.75. The number of anilines is 1. The summed E-state index contributed by atoms with van der Waals surface area (Å²) in [5.74, 6) is 0.928. The molecule has 3 rings (SSSR count). The Hall–Kier alpha value is -1.84. The van der Waals surface area contributed by atoms with Crippen LogP contribution in [0.2, 0.25) is 0 Å². The summed E-state index contributed by atoms with van der Waals surface area (Å²) in [4.78, 5) is 8.78. The number of rotatable bonds is 3. The van der Waals surface area contributed by atoms with Crippen molar-refractivity contribution in [1.29, 1.82) is 0 Å². The van der Waals surface area contributed by atoms with Crippen LogP contribution in [-0.2, 0) is 0 Å². The number of imidazole rings is 1. The third-order valence-electron chi connectivity index (χ3n) is 3.75. The van der Waals surface area contributed by atoms with E-state index in [0.717, 1.165) is 17.3 Å². The molecule has 0 radical (unpaired) electrons. The predicted octanol–water partition coefficient (Wildman–Crippen LogP) is 3.32. The molecule has 2 heterocycles. The molecule has 2 aromatic heterocycles. The van der Waals surface area contributed by atoms with Crippen molar-refractivity contribution in [3.63, 3.8) is 0 Å². The van der Waals surface area contributed by atoms with Crippen molar-refractivity contribution in [3.8, 4) is 5.69 Å². The molecule has 0 spiro atoms. The van der Waals surface area contributed by atoms with Gasteiger partial charge in [-0.3, -0.25) is 9.55 Å². The summed E-state index contributed by atoms with van der Waals surface area (Å²) in [6.45, 7) is 2.00. The highest BCUT2D eigenvalue weighted by atomic mass is 15.2. The Morgan fingerprint density at radius 1 is 1.16 bits per heavy atom. The van der Waals surface area contributed by atoms with Crippen molar-refractivity contribution in [2.24, 2.45) is 0 Å². The summed E-state index contributed by atoms with van der Waals surface area (Å²) in [5, 5.41) is 3.57. The first-order valence-electron chi connectivity index (χ1n) is 7.06. The molecule has 0 aliphatic heterocycles. The molecule has 0 atom stereocenters. The van der Waals surface area contributed by atoms with Crippen LogP contribution in [-0.4, -0.2) is 20.6 Å². The smallest absolute Gasteiger partial charge is 0.207 e. The maximum atomic E-state index is 4.43. The monoisotopic (exact) mass is 256 g/mol. The maximum absolute atomic E-state index is 4.43. The van der Waals surface area contributed by atoms with Crippen molar-refractivity contribution in [2.45, 2.75) is 45.1 Å². The van der Waals surface area contributed by atoms with E-state index in [2.05, 4.69) is 25.9 Å². The third kappa shape index (κ3) is 2.78. The number of nitrogens with zero attached hydrogens (tertiary/aromatic N) is 3. The minimum atomic E-state index is 0.563. The first-order valence-corrected chi connectivity index (χ1v) is 7.06. The Balaban J connectivity index is 1.79. The molecule has 1 fully saturated rings. The van der Waals surface area contributed by atoms with E-state index >= 15 is 0 Å². The Bertz CT molecular complexity index is 523. The molecule has 4 nitrogen and oxygen atoms in total. The highest BCUT2D eigenvalue weighted by Gasteiger charge is 2.15. The van der Waals surface area contributed by atoms with Gasteiger partial charge in [0.15, 0.2) is 0 Å². The Morgan fingerprint density at radius 3 is 2.74 bits per heavy atom. The van der Waals surface area contributed by atoms with Crippen LogP contribution < -0.4 is 5.32 Å². The molecule has 1 aliphatic carbocycles. The van der Waals surface area contributed by atoms with E-state index in [1.807, 2.05) is 31.6 Å². The first kappa shape index (κ1) is 12.2. The summed E-state index contributed by atoms with van der Waals surface area (Å²) in [6, 6.07) is 4.67. The van der Waals surface area contributed by atoms with Gasteiger partial charge >= 0.3 is 0 Å². The van der Waals surface area contributed by atoms with E-state index in [1.54, 1.807) is 0 Å². The summed E-state index contributed by atoms with van der Waals surface area (Å²) in [5.41, 5.74) is 2.09. The molecular weight excluding hydrogens is 236 g/mol. The van der Waals surface area contributed by atoms with E-state index in [1.165, 1.54) is 32.1 Å². The lowest BCUT2D eigenvalue weighted by Gasteiger charge is -2.23. The largest absolute Gasteiger partial charge is 0.353 e. The predicted molar refractivity (Wildman–Crippen MR) is 76.6 cm³/mol. The van der Waals surface area contributed by atoms with Crippen LogP contribution in [0.25, 0.3) is 5.69 Å². The zero-order valence-corrected chi connectivity index (χ0v) is 11.3. The highest BCUT2D eigenvalue weighted by molar-refractivity contribution is 5.41. The molecule has 1 N–H and O–H groups in total. The molecule has 19 heavy (non-hydrogen) atoms. The van der Waals surface area contributed by atoms with E-state index in [-0.39, 0.29) is 0 Å². The number of hydrogen-bond donors (Lipinski definition) is 1. The van der Waals surface area contributed by atoms with Crippen molar-refractivity contribution in [1.82, 2.24) is 14.5 Å². The SMILES string of the molecule is Cc1ccc(-n2ccnc2NC2CCCCC2)cn1. The molecule has 0 amide bonds. The van der Waals surface area contributed by atoms with Crippen LogP contribution in [0.3, 0.4) is 0 Å². The minimum Gasteiger partial charge on any atom is -0.353 e. The maximum Gasteiger partial charge on any atom is 0.207 e. The van der Waals surface area contributed by atoms with E-state index in [9.17, 15) is 0 Å². The molecule has 1 aliphatic rings. The van der Waals surface area contributed by atoms with Crippen molar-refractivity contribution in [2.75, 3.05) is 5.32 Å². The number of hydrogen-bond acceptors (Lipinski definition) is 3. The Labute approximate surface area is 113 Å². The van der Waals surface area contributed by atoms with E-state index in [4.69, 9.17) is 0 Å². The fourth-order valence-corrected chi connectivity index (χ4v) is 2.65. The lowest BCUT2D eigenvalue weighted by Crippen LogP contribution is -2.24. The summed E-state index contributed by atoms with van der Waals surface area (Å²) in [6.07, 6.45) is 12.2. The fourth-order valence-electron chi connectivity index (χ4n) is 2.65. The van der Waals surface area contributed by atoms with Gasteiger partial charge in [0.25, 0.3) is 0 Å². The second-order valence-electron chi connectivity index (χ2n) is 5.26. The van der Waals surface area contributed by atoms with Crippen LogP contribution in [0.15, 0.2) is 30.7 Å². The van der Waals surface area contributed by atoms with Gasteiger partial charge in [0.1, 0.15) is 0 Å². The molecule has 0 bridgehead atoms.